The van der Waals surface area contributed by atoms with Gasteiger partial charge in [-0.1, -0.05) is 23.5 Å². The Balaban J connectivity index is 1.97. The van der Waals surface area contributed by atoms with Crippen LogP contribution in [-0.2, 0) is 16.9 Å². The first-order chi connectivity index (χ1) is 11.8. The predicted molar refractivity (Wildman–Crippen MR) is 99.5 cm³/mol. The van der Waals surface area contributed by atoms with Crippen molar-refractivity contribution in [3.8, 4) is 0 Å². The number of para-hydroxylation sites is 1. The second kappa shape index (κ2) is 6.57. The molecule has 1 amide bonds. The van der Waals surface area contributed by atoms with Crippen LogP contribution in [0.4, 0.5) is 0 Å². The van der Waals surface area contributed by atoms with Gasteiger partial charge in [0.05, 0.1) is 20.4 Å². The molecule has 0 aliphatic carbocycles. The van der Waals surface area contributed by atoms with Crippen LogP contribution in [0.25, 0.3) is 10.2 Å². The number of aromatic nitrogens is 1. The Hall–Kier alpha value is -2.25. The average Bonchev–Trinajstić information content (AvgIpc) is 2.91. The number of sulfone groups is 1. The van der Waals surface area contributed by atoms with Gasteiger partial charge in [0, 0.05) is 12.6 Å². The topological polar surface area (TPSA) is 68.5 Å². The highest BCUT2D eigenvalue weighted by atomic mass is 32.2. The quantitative estimate of drug-likeness (QED) is 0.707. The maximum atomic E-state index is 12.4. The zero-order chi connectivity index (χ0) is 18.2. The summed E-state index contributed by atoms with van der Waals surface area (Å²) in [5.74, 6) is -0.393. The fraction of sp³-hybridized carbons (Fsp3) is 0.222. The SMILES string of the molecule is CC(C)S(=O)(=O)c1ccc(C(=O)N=c2sc3ccccc3n2C)cc1. The Morgan fingerprint density at radius 1 is 1.08 bits per heavy atom. The van der Waals surface area contributed by atoms with Crippen LogP contribution in [0.3, 0.4) is 0 Å². The van der Waals surface area contributed by atoms with E-state index in [2.05, 4.69) is 4.99 Å². The molecule has 0 saturated carbocycles. The number of thiazole rings is 1. The van der Waals surface area contributed by atoms with Gasteiger partial charge in [0.25, 0.3) is 5.91 Å². The number of rotatable bonds is 3. The highest BCUT2D eigenvalue weighted by Gasteiger charge is 2.19. The summed E-state index contributed by atoms with van der Waals surface area (Å²) in [4.78, 5) is 17.4. The summed E-state index contributed by atoms with van der Waals surface area (Å²) in [6.45, 7) is 3.26. The molecule has 0 spiro atoms. The summed E-state index contributed by atoms with van der Waals surface area (Å²) in [6, 6.07) is 13.8. The van der Waals surface area contributed by atoms with Crippen molar-refractivity contribution in [1.29, 1.82) is 0 Å². The lowest BCUT2D eigenvalue weighted by atomic mass is 10.2. The third-order valence-electron chi connectivity index (χ3n) is 3.96. The van der Waals surface area contributed by atoms with Crippen molar-refractivity contribution < 1.29 is 13.2 Å². The lowest BCUT2D eigenvalue weighted by Crippen LogP contribution is -2.15. The second-order valence-electron chi connectivity index (χ2n) is 5.95. The van der Waals surface area contributed by atoms with E-state index in [9.17, 15) is 13.2 Å². The van der Waals surface area contributed by atoms with E-state index in [0.29, 0.717) is 10.4 Å². The first-order valence-corrected chi connectivity index (χ1v) is 10.1. The van der Waals surface area contributed by atoms with Gasteiger partial charge in [-0.3, -0.25) is 4.79 Å². The van der Waals surface area contributed by atoms with Crippen LogP contribution >= 0.6 is 11.3 Å². The summed E-state index contributed by atoms with van der Waals surface area (Å²) in [5.41, 5.74) is 1.37. The molecule has 0 N–H and O–H groups in total. The van der Waals surface area contributed by atoms with Crippen molar-refractivity contribution in [2.24, 2.45) is 12.0 Å². The fourth-order valence-corrected chi connectivity index (χ4v) is 4.48. The van der Waals surface area contributed by atoms with E-state index in [1.165, 1.54) is 35.6 Å². The number of hydrogen-bond donors (Lipinski definition) is 0. The highest BCUT2D eigenvalue weighted by Crippen LogP contribution is 2.18. The van der Waals surface area contributed by atoms with Gasteiger partial charge in [0.15, 0.2) is 14.6 Å². The van der Waals surface area contributed by atoms with Crippen molar-refractivity contribution >= 4 is 37.3 Å². The number of aryl methyl sites for hydroxylation is 1. The van der Waals surface area contributed by atoms with Crippen LogP contribution in [0.5, 0.6) is 0 Å². The number of nitrogens with zero attached hydrogens (tertiary/aromatic N) is 2. The monoisotopic (exact) mass is 374 g/mol. The van der Waals surface area contributed by atoms with Crippen LogP contribution in [0.15, 0.2) is 58.4 Å². The third kappa shape index (κ3) is 3.29. The number of benzene rings is 2. The molecule has 0 atom stereocenters. The van der Waals surface area contributed by atoms with Crippen molar-refractivity contribution in [3.63, 3.8) is 0 Å². The van der Waals surface area contributed by atoms with Crippen molar-refractivity contribution in [1.82, 2.24) is 4.57 Å². The maximum Gasteiger partial charge on any atom is 0.279 e. The predicted octanol–water partition coefficient (Wildman–Crippen LogP) is 3.16. The molecule has 0 aliphatic rings. The molecule has 7 heteroatoms. The van der Waals surface area contributed by atoms with E-state index in [-0.39, 0.29) is 4.90 Å². The molecule has 3 rings (SSSR count). The van der Waals surface area contributed by atoms with E-state index in [1.54, 1.807) is 13.8 Å². The van der Waals surface area contributed by atoms with Gasteiger partial charge in [-0.05, 0) is 50.2 Å². The zero-order valence-corrected chi connectivity index (χ0v) is 15.8. The molecule has 5 nitrogen and oxygen atoms in total. The molecule has 0 fully saturated rings. The van der Waals surface area contributed by atoms with Crippen molar-refractivity contribution in [2.45, 2.75) is 24.0 Å². The molecule has 0 saturated heterocycles. The molecule has 0 unspecified atom stereocenters. The number of fused-ring (bicyclic) bond motifs is 1. The highest BCUT2D eigenvalue weighted by molar-refractivity contribution is 7.92. The van der Waals surface area contributed by atoms with Crippen LogP contribution < -0.4 is 4.80 Å². The summed E-state index contributed by atoms with van der Waals surface area (Å²) in [5, 5.41) is -0.503. The molecular weight excluding hydrogens is 356 g/mol. The molecule has 0 radical (unpaired) electrons. The van der Waals surface area contributed by atoms with Gasteiger partial charge in [0.2, 0.25) is 0 Å². The summed E-state index contributed by atoms with van der Waals surface area (Å²) in [6.07, 6.45) is 0. The molecule has 130 valence electrons. The van der Waals surface area contributed by atoms with Crippen LogP contribution in [-0.4, -0.2) is 24.1 Å². The number of carbonyl (C=O) groups excluding carboxylic acids is 1. The molecule has 0 bridgehead atoms. The lowest BCUT2D eigenvalue weighted by molar-refractivity contribution is 0.0998. The summed E-state index contributed by atoms with van der Waals surface area (Å²) < 4.78 is 27.2. The first kappa shape index (κ1) is 17.6. The molecule has 1 aromatic heterocycles. The summed E-state index contributed by atoms with van der Waals surface area (Å²) >= 11 is 1.44. The van der Waals surface area contributed by atoms with Gasteiger partial charge in [0.1, 0.15) is 0 Å². The number of amides is 1. The normalized spacial score (nSPS) is 12.9. The van der Waals surface area contributed by atoms with Gasteiger partial charge in [-0.15, -0.1) is 0 Å². The largest absolute Gasteiger partial charge is 0.319 e. The first-order valence-electron chi connectivity index (χ1n) is 7.78. The van der Waals surface area contributed by atoms with Gasteiger partial charge in [-0.2, -0.15) is 4.99 Å². The van der Waals surface area contributed by atoms with E-state index < -0.39 is 21.0 Å². The van der Waals surface area contributed by atoms with Crippen molar-refractivity contribution in [3.05, 3.63) is 58.9 Å². The van der Waals surface area contributed by atoms with Gasteiger partial charge in [-0.25, -0.2) is 8.42 Å². The lowest BCUT2D eigenvalue weighted by Gasteiger charge is -2.07. The van der Waals surface area contributed by atoms with Crippen LogP contribution in [0.2, 0.25) is 0 Å². The average molecular weight is 374 g/mol. The smallest absolute Gasteiger partial charge is 0.279 e. The molecule has 1 heterocycles. The van der Waals surface area contributed by atoms with E-state index >= 15 is 0 Å². The summed E-state index contributed by atoms with van der Waals surface area (Å²) in [7, 11) is -1.48. The van der Waals surface area contributed by atoms with Gasteiger partial charge < -0.3 is 4.57 Å². The molecule has 3 aromatic rings. The Morgan fingerprint density at radius 2 is 1.72 bits per heavy atom. The Morgan fingerprint density at radius 3 is 2.32 bits per heavy atom. The van der Waals surface area contributed by atoms with E-state index in [4.69, 9.17) is 0 Å². The number of hydrogen-bond acceptors (Lipinski definition) is 4. The molecule has 25 heavy (non-hydrogen) atoms. The molecular formula is C18H18N2O3S2. The molecule has 2 aromatic carbocycles. The Bertz CT molecular complexity index is 1110. The standard InChI is InChI=1S/C18H18N2O3S2/c1-12(2)25(22,23)14-10-8-13(9-11-14)17(21)19-18-20(3)15-6-4-5-7-16(15)24-18/h4-12H,1-3H3. The Kier molecular flexibility index (Phi) is 4.62. The fourth-order valence-electron chi connectivity index (χ4n) is 2.40. The third-order valence-corrected chi connectivity index (χ3v) is 7.25. The minimum absolute atomic E-state index is 0.214. The van der Waals surface area contributed by atoms with E-state index in [0.717, 1.165) is 10.2 Å². The maximum absolute atomic E-state index is 12.4. The van der Waals surface area contributed by atoms with Crippen LogP contribution in [0.1, 0.15) is 24.2 Å². The molecule has 0 aliphatic heterocycles. The minimum Gasteiger partial charge on any atom is -0.319 e. The Labute approximate surface area is 150 Å². The van der Waals surface area contributed by atoms with E-state index in [1.807, 2.05) is 35.9 Å². The van der Waals surface area contributed by atoms with Crippen LogP contribution in [0, 0.1) is 0 Å². The number of carbonyl (C=O) groups is 1. The van der Waals surface area contributed by atoms with Gasteiger partial charge >= 0.3 is 0 Å². The zero-order valence-electron chi connectivity index (χ0n) is 14.1. The van der Waals surface area contributed by atoms with Crippen molar-refractivity contribution in [2.75, 3.05) is 0 Å². The minimum atomic E-state index is -3.35. The second-order valence-corrected chi connectivity index (χ2v) is 9.46.